The largest absolute Gasteiger partial charge is 0.350 e. The molecule has 164 valence electrons. The molecule has 8 bridgehead atoms. The molecule has 4 nitrogen and oxygen atoms in total. The lowest BCUT2D eigenvalue weighted by atomic mass is 9.43. The van der Waals surface area contributed by atoms with Gasteiger partial charge in [0.15, 0.2) is 0 Å². The van der Waals surface area contributed by atoms with Gasteiger partial charge in [0.05, 0.1) is 10.8 Å². The predicted octanol–water partition coefficient (Wildman–Crippen LogP) is 4.47. The smallest absolute Gasteiger partial charge is 0.226 e. The molecule has 8 aliphatic rings. The van der Waals surface area contributed by atoms with Gasteiger partial charge in [-0.15, -0.1) is 0 Å². The van der Waals surface area contributed by atoms with Crippen LogP contribution in [0.1, 0.15) is 103 Å². The molecule has 2 amide bonds. The first kappa shape index (κ1) is 18.5. The maximum Gasteiger partial charge on any atom is 0.226 e. The van der Waals surface area contributed by atoms with Crippen molar-refractivity contribution in [3.8, 4) is 0 Å². The summed E-state index contributed by atoms with van der Waals surface area (Å²) in [6, 6.07) is 0. The topological polar surface area (TPSA) is 58.2 Å². The first-order valence-electron chi connectivity index (χ1n) is 13.0. The molecule has 0 aromatic rings. The maximum absolute atomic E-state index is 13.8. The van der Waals surface area contributed by atoms with E-state index >= 15 is 0 Å². The van der Waals surface area contributed by atoms with Gasteiger partial charge in [-0.25, -0.2) is 0 Å². The third kappa shape index (κ3) is 2.51. The number of hydrogen-bond donors (Lipinski definition) is 2. The van der Waals surface area contributed by atoms with E-state index in [0.717, 1.165) is 43.9 Å². The third-order valence-corrected chi connectivity index (χ3v) is 11.3. The number of carbonyl (C=O) groups is 2. The molecule has 4 heteroatoms. The third-order valence-electron chi connectivity index (χ3n) is 11.3. The number of hydrogen-bond acceptors (Lipinski definition) is 2. The normalized spacial score (nSPS) is 54.7. The summed E-state index contributed by atoms with van der Waals surface area (Å²) in [4.78, 5) is 27.7. The molecule has 0 unspecified atom stereocenters. The van der Waals surface area contributed by atoms with E-state index in [1.807, 2.05) is 0 Å². The summed E-state index contributed by atoms with van der Waals surface area (Å²) in [5.74, 6) is 3.52. The van der Waals surface area contributed by atoms with Crippen molar-refractivity contribution in [2.24, 2.45) is 34.5 Å². The molecule has 0 heterocycles. The zero-order valence-corrected chi connectivity index (χ0v) is 18.4. The lowest BCUT2D eigenvalue weighted by Crippen LogP contribution is -2.64. The molecular formula is C26H38N2O2. The minimum absolute atomic E-state index is 0.0994. The molecule has 0 aromatic heterocycles. The Bertz CT molecular complexity index is 711. The Kier molecular flexibility index (Phi) is 3.60. The van der Waals surface area contributed by atoms with E-state index in [9.17, 15) is 9.59 Å². The molecule has 0 spiro atoms. The van der Waals surface area contributed by atoms with Crippen LogP contribution in [0.25, 0.3) is 0 Å². The Hall–Kier alpha value is -1.06. The molecule has 8 rings (SSSR count). The van der Waals surface area contributed by atoms with E-state index in [2.05, 4.69) is 10.6 Å². The van der Waals surface area contributed by atoms with Crippen LogP contribution in [0.2, 0.25) is 0 Å². The van der Waals surface area contributed by atoms with Crippen molar-refractivity contribution >= 4 is 11.8 Å². The second-order valence-corrected chi connectivity index (χ2v) is 13.3. The van der Waals surface area contributed by atoms with Crippen LogP contribution in [-0.4, -0.2) is 22.9 Å². The molecule has 8 fully saturated rings. The fraction of sp³-hybridized carbons (Fsp3) is 0.923. The standard InChI is InChI=1S/C26H38N2O2/c29-21(27-25-5-1-17(14-25)2-6-25)23-10-19-9-20(11-23)13-24(12-19,16-23)22(30)28-26-7-3-18(15-26)4-8-26/h17-20H,1-16H2,(H,27,29)(H,28,30). The van der Waals surface area contributed by atoms with Gasteiger partial charge >= 0.3 is 0 Å². The number of rotatable bonds is 4. The van der Waals surface area contributed by atoms with E-state index in [0.29, 0.717) is 23.7 Å². The molecule has 0 atom stereocenters. The van der Waals surface area contributed by atoms with Crippen LogP contribution in [0, 0.1) is 34.5 Å². The maximum atomic E-state index is 13.8. The Morgan fingerprint density at radius 2 is 0.967 bits per heavy atom. The van der Waals surface area contributed by atoms with Crippen molar-refractivity contribution in [3.63, 3.8) is 0 Å². The fourth-order valence-electron chi connectivity index (χ4n) is 10.3. The lowest BCUT2D eigenvalue weighted by molar-refractivity contribution is -0.169. The molecule has 8 saturated carbocycles. The van der Waals surface area contributed by atoms with Crippen LogP contribution in [0.15, 0.2) is 0 Å². The highest BCUT2D eigenvalue weighted by molar-refractivity contribution is 5.89. The highest BCUT2D eigenvalue weighted by atomic mass is 16.2. The van der Waals surface area contributed by atoms with Crippen LogP contribution in [-0.2, 0) is 9.59 Å². The predicted molar refractivity (Wildman–Crippen MR) is 114 cm³/mol. The number of amides is 2. The summed E-state index contributed by atoms with van der Waals surface area (Å²) in [5, 5.41) is 7.25. The summed E-state index contributed by atoms with van der Waals surface area (Å²) in [7, 11) is 0. The van der Waals surface area contributed by atoms with Gasteiger partial charge < -0.3 is 10.6 Å². The van der Waals surface area contributed by atoms with E-state index in [4.69, 9.17) is 0 Å². The van der Waals surface area contributed by atoms with Crippen LogP contribution >= 0.6 is 0 Å². The molecule has 8 aliphatic carbocycles. The van der Waals surface area contributed by atoms with Crippen molar-refractivity contribution in [2.75, 3.05) is 0 Å². The fourth-order valence-corrected chi connectivity index (χ4v) is 10.3. The minimum Gasteiger partial charge on any atom is -0.350 e. The molecule has 2 N–H and O–H groups in total. The zero-order chi connectivity index (χ0) is 20.2. The molecule has 0 saturated heterocycles. The second-order valence-electron chi connectivity index (χ2n) is 13.3. The van der Waals surface area contributed by atoms with Gasteiger partial charge in [-0.05, 0) is 126 Å². The minimum atomic E-state index is -0.262. The van der Waals surface area contributed by atoms with Crippen LogP contribution in [0.3, 0.4) is 0 Å². The SMILES string of the molecule is O=C(NC12CCC(CC1)C2)C12CC3CC(C1)CC(C(=O)NC14CCC(CC1)C4)(C3)C2. The van der Waals surface area contributed by atoms with Gasteiger partial charge in [0.1, 0.15) is 0 Å². The molecule has 0 radical (unpaired) electrons. The van der Waals surface area contributed by atoms with Gasteiger partial charge in [-0.2, -0.15) is 0 Å². The van der Waals surface area contributed by atoms with Gasteiger partial charge in [-0.1, -0.05) is 0 Å². The van der Waals surface area contributed by atoms with Gasteiger partial charge in [-0.3, -0.25) is 9.59 Å². The Morgan fingerprint density at radius 3 is 1.30 bits per heavy atom. The van der Waals surface area contributed by atoms with E-state index in [1.165, 1.54) is 70.6 Å². The van der Waals surface area contributed by atoms with Crippen molar-refractivity contribution < 1.29 is 9.59 Å². The summed E-state index contributed by atoms with van der Waals surface area (Å²) in [6.45, 7) is 0. The Morgan fingerprint density at radius 1 is 0.567 bits per heavy atom. The first-order valence-corrected chi connectivity index (χ1v) is 13.0. The zero-order valence-electron chi connectivity index (χ0n) is 18.4. The highest BCUT2D eigenvalue weighted by Gasteiger charge is 2.64. The molecule has 0 aliphatic heterocycles. The van der Waals surface area contributed by atoms with Crippen molar-refractivity contribution in [2.45, 2.75) is 114 Å². The monoisotopic (exact) mass is 410 g/mol. The summed E-state index contributed by atoms with van der Waals surface area (Å²) >= 11 is 0. The van der Waals surface area contributed by atoms with Crippen molar-refractivity contribution in [1.82, 2.24) is 10.6 Å². The number of carbonyl (C=O) groups excluding carboxylic acids is 2. The van der Waals surface area contributed by atoms with E-state index in [1.54, 1.807) is 0 Å². The molecular weight excluding hydrogens is 372 g/mol. The van der Waals surface area contributed by atoms with E-state index in [-0.39, 0.29) is 21.9 Å². The van der Waals surface area contributed by atoms with Gasteiger partial charge in [0.25, 0.3) is 0 Å². The summed E-state index contributed by atoms with van der Waals surface area (Å²) in [5.41, 5.74) is -0.324. The van der Waals surface area contributed by atoms with Crippen LogP contribution in [0.4, 0.5) is 0 Å². The van der Waals surface area contributed by atoms with Gasteiger partial charge in [0.2, 0.25) is 11.8 Å². The molecule has 0 aromatic carbocycles. The number of nitrogens with one attached hydrogen (secondary N) is 2. The number of fused-ring (bicyclic) bond motifs is 4. The van der Waals surface area contributed by atoms with E-state index < -0.39 is 0 Å². The van der Waals surface area contributed by atoms with Gasteiger partial charge in [0, 0.05) is 11.1 Å². The average molecular weight is 411 g/mol. The van der Waals surface area contributed by atoms with Crippen molar-refractivity contribution in [1.29, 1.82) is 0 Å². The summed E-state index contributed by atoms with van der Waals surface area (Å²) in [6.07, 6.45) is 18.6. The lowest BCUT2D eigenvalue weighted by Gasteiger charge is -2.61. The first-order chi connectivity index (χ1) is 14.4. The van der Waals surface area contributed by atoms with Crippen LogP contribution in [0.5, 0.6) is 0 Å². The van der Waals surface area contributed by atoms with Crippen LogP contribution < -0.4 is 10.6 Å². The summed E-state index contributed by atoms with van der Waals surface area (Å²) < 4.78 is 0. The molecule has 30 heavy (non-hydrogen) atoms. The average Bonchev–Trinajstić information content (AvgIpc) is 3.47. The Balaban J connectivity index is 1.14. The Labute approximate surface area is 180 Å². The van der Waals surface area contributed by atoms with Crippen molar-refractivity contribution in [3.05, 3.63) is 0 Å². The highest BCUT2D eigenvalue weighted by Crippen LogP contribution is 2.66. The quantitative estimate of drug-likeness (QED) is 0.718. The second kappa shape index (κ2) is 5.84.